The Bertz CT molecular complexity index is 616. The number of rotatable bonds is 2. The van der Waals surface area contributed by atoms with E-state index in [1.165, 1.54) is 24.3 Å². The number of piperidine rings is 1. The first-order chi connectivity index (χ1) is 11.9. The molecule has 2 fully saturated rings. The highest BCUT2D eigenvalue weighted by Crippen LogP contribution is 2.23. The van der Waals surface area contributed by atoms with E-state index in [9.17, 15) is 14.0 Å². The van der Waals surface area contributed by atoms with Crippen LogP contribution >= 0.6 is 0 Å². The summed E-state index contributed by atoms with van der Waals surface area (Å²) in [6.07, 6.45) is 1.47. The van der Waals surface area contributed by atoms with Crippen molar-refractivity contribution in [1.29, 1.82) is 0 Å². The Kier molecular flexibility index (Phi) is 5.37. The van der Waals surface area contributed by atoms with E-state index in [1.807, 2.05) is 18.7 Å². The fourth-order valence-corrected chi connectivity index (χ4v) is 3.72. The number of likely N-dealkylation sites (tertiary alicyclic amines) is 1. The molecule has 0 N–H and O–H groups in total. The van der Waals surface area contributed by atoms with Crippen molar-refractivity contribution < 1.29 is 18.7 Å². The van der Waals surface area contributed by atoms with E-state index in [0.717, 1.165) is 0 Å². The second kappa shape index (κ2) is 7.52. The Morgan fingerprint density at radius 1 is 1.00 bits per heavy atom. The van der Waals surface area contributed by atoms with Crippen molar-refractivity contribution in [3.05, 3.63) is 35.6 Å². The smallest absolute Gasteiger partial charge is 0.253 e. The summed E-state index contributed by atoms with van der Waals surface area (Å²) >= 11 is 0. The molecule has 0 radical (unpaired) electrons. The maximum Gasteiger partial charge on any atom is 0.253 e. The largest absolute Gasteiger partial charge is 0.372 e. The summed E-state index contributed by atoms with van der Waals surface area (Å²) in [6, 6.07) is 5.60. The third-order valence-electron chi connectivity index (χ3n) is 4.95. The summed E-state index contributed by atoms with van der Waals surface area (Å²) in [7, 11) is 0. The summed E-state index contributed by atoms with van der Waals surface area (Å²) < 4.78 is 18.7. The van der Waals surface area contributed by atoms with E-state index >= 15 is 0 Å². The number of carbonyl (C=O) groups excluding carboxylic acids is 2. The normalized spacial score (nSPS) is 25.1. The van der Waals surface area contributed by atoms with Gasteiger partial charge in [0.25, 0.3) is 5.91 Å². The lowest BCUT2D eigenvalue weighted by Gasteiger charge is -2.39. The number of morpholine rings is 1. The van der Waals surface area contributed by atoms with E-state index in [0.29, 0.717) is 44.6 Å². The topological polar surface area (TPSA) is 49.9 Å². The van der Waals surface area contributed by atoms with Crippen molar-refractivity contribution >= 4 is 11.8 Å². The number of amides is 2. The molecule has 25 heavy (non-hydrogen) atoms. The third kappa shape index (κ3) is 4.18. The van der Waals surface area contributed by atoms with Gasteiger partial charge in [-0.3, -0.25) is 9.59 Å². The van der Waals surface area contributed by atoms with Crippen molar-refractivity contribution in [2.45, 2.75) is 38.9 Å². The molecule has 3 rings (SSSR count). The summed E-state index contributed by atoms with van der Waals surface area (Å²) in [5.74, 6) is -0.306. The Hall–Kier alpha value is -1.95. The van der Waals surface area contributed by atoms with Gasteiger partial charge in [0.05, 0.1) is 12.2 Å². The average Bonchev–Trinajstić information content (AvgIpc) is 2.60. The Morgan fingerprint density at radius 3 is 2.12 bits per heavy atom. The highest BCUT2D eigenvalue weighted by Gasteiger charge is 2.33. The first-order valence-corrected chi connectivity index (χ1v) is 8.93. The van der Waals surface area contributed by atoms with Crippen molar-refractivity contribution in [3.8, 4) is 0 Å². The minimum absolute atomic E-state index is 0.0326. The minimum atomic E-state index is -0.352. The highest BCUT2D eigenvalue weighted by atomic mass is 19.1. The quantitative estimate of drug-likeness (QED) is 0.824. The van der Waals surface area contributed by atoms with Crippen LogP contribution in [0.5, 0.6) is 0 Å². The molecule has 5 nitrogen and oxygen atoms in total. The second-order valence-corrected chi connectivity index (χ2v) is 7.07. The molecular weight excluding hydrogens is 323 g/mol. The van der Waals surface area contributed by atoms with Gasteiger partial charge in [-0.15, -0.1) is 0 Å². The van der Waals surface area contributed by atoms with Gasteiger partial charge in [-0.2, -0.15) is 0 Å². The van der Waals surface area contributed by atoms with Crippen LogP contribution in [0, 0.1) is 11.7 Å². The molecule has 136 valence electrons. The van der Waals surface area contributed by atoms with Crippen LogP contribution in [0.15, 0.2) is 24.3 Å². The van der Waals surface area contributed by atoms with E-state index in [2.05, 4.69) is 0 Å². The molecular formula is C19H25FN2O3. The van der Waals surface area contributed by atoms with Crippen LogP contribution in [0.1, 0.15) is 37.0 Å². The molecule has 2 aliphatic heterocycles. The molecule has 2 amide bonds. The average molecular weight is 348 g/mol. The van der Waals surface area contributed by atoms with Crippen LogP contribution in [-0.2, 0) is 9.53 Å². The van der Waals surface area contributed by atoms with Gasteiger partial charge < -0.3 is 14.5 Å². The van der Waals surface area contributed by atoms with Gasteiger partial charge in [0.1, 0.15) is 5.82 Å². The van der Waals surface area contributed by atoms with Crippen molar-refractivity contribution in [2.75, 3.05) is 26.2 Å². The van der Waals surface area contributed by atoms with Gasteiger partial charge in [-0.1, -0.05) is 0 Å². The second-order valence-electron chi connectivity index (χ2n) is 7.07. The molecule has 2 atom stereocenters. The molecule has 0 aromatic heterocycles. The van der Waals surface area contributed by atoms with Gasteiger partial charge in [-0.25, -0.2) is 4.39 Å². The standard InChI is InChI=1S/C19H25FN2O3/c1-13-11-22(12-14(2)25-13)19(24)16-7-9-21(10-8-16)18(23)15-3-5-17(20)6-4-15/h3-6,13-14,16H,7-12H2,1-2H3/t13-,14-/m1/s1. The summed E-state index contributed by atoms with van der Waals surface area (Å²) in [5, 5.41) is 0. The molecule has 2 heterocycles. The summed E-state index contributed by atoms with van der Waals surface area (Å²) in [5.41, 5.74) is 0.488. The van der Waals surface area contributed by atoms with E-state index in [4.69, 9.17) is 4.74 Å². The molecule has 0 bridgehead atoms. The molecule has 0 aliphatic carbocycles. The third-order valence-corrected chi connectivity index (χ3v) is 4.95. The Balaban J connectivity index is 1.55. The first-order valence-electron chi connectivity index (χ1n) is 8.93. The van der Waals surface area contributed by atoms with E-state index in [-0.39, 0.29) is 35.8 Å². The number of hydrogen-bond donors (Lipinski definition) is 0. The summed E-state index contributed by atoms with van der Waals surface area (Å²) in [6.45, 7) is 6.36. The summed E-state index contributed by atoms with van der Waals surface area (Å²) in [4.78, 5) is 28.9. The lowest BCUT2D eigenvalue weighted by Crippen LogP contribution is -2.51. The molecule has 0 unspecified atom stereocenters. The lowest BCUT2D eigenvalue weighted by molar-refractivity contribution is -0.148. The fourth-order valence-electron chi connectivity index (χ4n) is 3.72. The van der Waals surface area contributed by atoms with Crippen LogP contribution in [0.4, 0.5) is 4.39 Å². The maximum absolute atomic E-state index is 13.0. The molecule has 6 heteroatoms. The maximum atomic E-state index is 13.0. The van der Waals surface area contributed by atoms with Crippen molar-refractivity contribution in [3.63, 3.8) is 0 Å². The van der Waals surface area contributed by atoms with Crippen LogP contribution in [0.25, 0.3) is 0 Å². The number of benzene rings is 1. The molecule has 0 spiro atoms. The SMILES string of the molecule is C[C@@H]1CN(C(=O)C2CCN(C(=O)c3ccc(F)cc3)CC2)C[C@@H](C)O1. The van der Waals surface area contributed by atoms with Gasteiger partial charge in [-0.05, 0) is 51.0 Å². The highest BCUT2D eigenvalue weighted by molar-refractivity contribution is 5.94. The number of carbonyl (C=O) groups is 2. The molecule has 2 aliphatic rings. The van der Waals surface area contributed by atoms with Crippen molar-refractivity contribution in [1.82, 2.24) is 9.80 Å². The zero-order chi connectivity index (χ0) is 18.0. The fraction of sp³-hybridized carbons (Fsp3) is 0.579. The monoisotopic (exact) mass is 348 g/mol. The molecule has 1 aromatic rings. The van der Waals surface area contributed by atoms with Crippen LogP contribution in [0.2, 0.25) is 0 Å². The molecule has 0 saturated carbocycles. The first kappa shape index (κ1) is 17.9. The zero-order valence-corrected chi connectivity index (χ0v) is 14.8. The van der Waals surface area contributed by atoms with Gasteiger partial charge >= 0.3 is 0 Å². The van der Waals surface area contributed by atoms with E-state index < -0.39 is 0 Å². The lowest BCUT2D eigenvalue weighted by atomic mass is 9.94. The van der Waals surface area contributed by atoms with Crippen LogP contribution < -0.4 is 0 Å². The minimum Gasteiger partial charge on any atom is -0.372 e. The molecule has 1 aromatic carbocycles. The van der Waals surface area contributed by atoms with Gasteiger partial charge in [0.2, 0.25) is 5.91 Å². The zero-order valence-electron chi connectivity index (χ0n) is 14.8. The van der Waals surface area contributed by atoms with Gasteiger partial charge in [0.15, 0.2) is 0 Å². The number of hydrogen-bond acceptors (Lipinski definition) is 3. The Labute approximate surface area is 147 Å². The van der Waals surface area contributed by atoms with Crippen LogP contribution in [0.3, 0.4) is 0 Å². The Morgan fingerprint density at radius 2 is 1.56 bits per heavy atom. The molecule has 2 saturated heterocycles. The van der Waals surface area contributed by atoms with Crippen molar-refractivity contribution in [2.24, 2.45) is 5.92 Å². The predicted octanol–water partition coefficient (Wildman–Crippen LogP) is 2.31. The van der Waals surface area contributed by atoms with Gasteiger partial charge in [0, 0.05) is 37.7 Å². The number of ether oxygens (including phenoxy) is 1. The van der Waals surface area contributed by atoms with E-state index in [1.54, 1.807) is 4.90 Å². The number of halogens is 1. The van der Waals surface area contributed by atoms with Crippen LogP contribution in [-0.4, -0.2) is 60.0 Å². The predicted molar refractivity (Wildman–Crippen MR) is 91.6 cm³/mol. The number of nitrogens with zero attached hydrogens (tertiary/aromatic N) is 2.